The Balaban J connectivity index is 1.65. The second-order valence-corrected chi connectivity index (χ2v) is 5.68. The Morgan fingerprint density at radius 3 is 2.94 bits per heavy atom. The van der Waals surface area contributed by atoms with Crippen LogP contribution in [0.25, 0.3) is 0 Å². The molecule has 98 valence electrons. The van der Waals surface area contributed by atoms with Gasteiger partial charge in [-0.25, -0.2) is 0 Å². The van der Waals surface area contributed by atoms with E-state index in [1.807, 2.05) is 12.1 Å². The maximum absolute atomic E-state index is 10.4. The van der Waals surface area contributed by atoms with Crippen molar-refractivity contribution < 1.29 is 9.84 Å². The molecular weight excluding hydrogens is 224 g/mol. The summed E-state index contributed by atoms with van der Waals surface area (Å²) >= 11 is 0. The number of para-hydroxylation sites is 1. The highest BCUT2D eigenvalue weighted by Gasteiger charge is 2.22. The molecule has 1 aromatic carbocycles. The predicted octanol–water partition coefficient (Wildman–Crippen LogP) is 3.63. The number of benzene rings is 1. The molecule has 1 saturated carbocycles. The minimum absolute atomic E-state index is 0.348. The molecule has 1 fully saturated rings. The number of fused-ring (bicyclic) bond motifs is 1. The van der Waals surface area contributed by atoms with Crippen LogP contribution in [0.5, 0.6) is 5.75 Å². The van der Waals surface area contributed by atoms with Crippen molar-refractivity contribution in [2.24, 2.45) is 5.92 Å². The van der Waals surface area contributed by atoms with E-state index in [4.69, 9.17) is 4.74 Å². The quantitative estimate of drug-likeness (QED) is 0.879. The van der Waals surface area contributed by atoms with Gasteiger partial charge in [-0.1, -0.05) is 43.9 Å². The van der Waals surface area contributed by atoms with Gasteiger partial charge >= 0.3 is 0 Å². The average Bonchev–Trinajstić information content (AvgIpc) is 3.05. The number of aliphatic hydroxyl groups excluding tert-OH is 1. The lowest BCUT2D eigenvalue weighted by molar-refractivity contribution is 0.153. The van der Waals surface area contributed by atoms with Crippen LogP contribution in [-0.2, 0) is 6.42 Å². The van der Waals surface area contributed by atoms with Gasteiger partial charge in [-0.15, -0.1) is 0 Å². The summed E-state index contributed by atoms with van der Waals surface area (Å²) in [4.78, 5) is 0. The molecule has 0 spiro atoms. The zero-order valence-electron chi connectivity index (χ0n) is 10.9. The van der Waals surface area contributed by atoms with Crippen LogP contribution in [-0.4, -0.2) is 11.7 Å². The van der Waals surface area contributed by atoms with Crippen molar-refractivity contribution in [3.05, 3.63) is 29.3 Å². The van der Waals surface area contributed by atoms with Gasteiger partial charge in [0.05, 0.1) is 12.7 Å². The molecule has 2 aliphatic rings. The van der Waals surface area contributed by atoms with E-state index in [2.05, 4.69) is 6.07 Å². The largest absolute Gasteiger partial charge is 0.493 e. The second kappa shape index (κ2) is 5.31. The Hall–Kier alpha value is -1.02. The van der Waals surface area contributed by atoms with Crippen LogP contribution >= 0.6 is 0 Å². The maximum Gasteiger partial charge on any atom is 0.128 e. The molecule has 0 radical (unpaired) electrons. The van der Waals surface area contributed by atoms with E-state index in [0.717, 1.165) is 43.1 Å². The number of hydrogen-bond acceptors (Lipinski definition) is 2. The fraction of sp³-hybridized carbons (Fsp3) is 0.625. The molecule has 2 nitrogen and oxygen atoms in total. The van der Waals surface area contributed by atoms with Crippen LogP contribution in [0.15, 0.2) is 18.2 Å². The molecule has 0 bridgehead atoms. The third kappa shape index (κ3) is 2.39. The maximum atomic E-state index is 10.4. The summed E-state index contributed by atoms with van der Waals surface area (Å²) in [6.07, 6.45) is 8.15. The number of hydrogen-bond donors (Lipinski definition) is 1. The summed E-state index contributed by atoms with van der Waals surface area (Å²) in [6, 6.07) is 6.17. The highest BCUT2D eigenvalue weighted by Crippen LogP contribution is 2.37. The zero-order valence-corrected chi connectivity index (χ0v) is 10.9. The van der Waals surface area contributed by atoms with Crippen LogP contribution in [0.2, 0.25) is 0 Å². The normalized spacial score (nSPS) is 20.7. The Morgan fingerprint density at radius 1 is 1.28 bits per heavy atom. The molecule has 0 aromatic heterocycles. The van der Waals surface area contributed by atoms with E-state index in [1.165, 1.54) is 31.2 Å². The molecule has 1 unspecified atom stereocenters. The van der Waals surface area contributed by atoms with Gasteiger partial charge in [-0.05, 0) is 24.3 Å². The van der Waals surface area contributed by atoms with Crippen molar-refractivity contribution in [3.63, 3.8) is 0 Å². The Labute approximate surface area is 109 Å². The third-order valence-corrected chi connectivity index (χ3v) is 4.43. The summed E-state index contributed by atoms with van der Waals surface area (Å²) in [5, 5.41) is 10.4. The second-order valence-electron chi connectivity index (χ2n) is 5.68. The molecule has 0 saturated heterocycles. The first-order valence-electron chi connectivity index (χ1n) is 7.27. The van der Waals surface area contributed by atoms with Crippen LogP contribution in [0.3, 0.4) is 0 Å². The van der Waals surface area contributed by atoms with Crippen LogP contribution in [0.4, 0.5) is 0 Å². The standard InChI is InChI=1S/C16H22O2/c17-15(9-8-12-4-1-2-5-12)14-7-3-6-13-10-11-18-16(13)14/h3,6-7,12,15,17H,1-2,4-5,8-11H2. The third-order valence-electron chi connectivity index (χ3n) is 4.43. The first-order valence-corrected chi connectivity index (χ1v) is 7.27. The van der Waals surface area contributed by atoms with Crippen molar-refractivity contribution in [1.82, 2.24) is 0 Å². The molecule has 18 heavy (non-hydrogen) atoms. The van der Waals surface area contributed by atoms with Gasteiger partial charge in [0.1, 0.15) is 5.75 Å². The highest BCUT2D eigenvalue weighted by atomic mass is 16.5. The summed E-state index contributed by atoms with van der Waals surface area (Å²) < 4.78 is 5.66. The van der Waals surface area contributed by atoms with Gasteiger partial charge < -0.3 is 9.84 Å². The average molecular weight is 246 g/mol. The van der Waals surface area contributed by atoms with E-state index >= 15 is 0 Å². The molecule has 0 amide bonds. The lowest BCUT2D eigenvalue weighted by Gasteiger charge is -2.16. The van der Waals surface area contributed by atoms with E-state index in [9.17, 15) is 5.11 Å². The smallest absolute Gasteiger partial charge is 0.128 e. The van der Waals surface area contributed by atoms with Crippen LogP contribution in [0, 0.1) is 5.92 Å². The van der Waals surface area contributed by atoms with Crippen molar-refractivity contribution >= 4 is 0 Å². The molecular formula is C16H22O2. The zero-order chi connectivity index (χ0) is 12.4. The fourth-order valence-corrected chi connectivity index (χ4v) is 3.35. The van der Waals surface area contributed by atoms with Gasteiger partial charge in [0, 0.05) is 12.0 Å². The van der Waals surface area contributed by atoms with Crippen molar-refractivity contribution in [2.75, 3.05) is 6.61 Å². The Kier molecular flexibility index (Phi) is 3.55. The first kappa shape index (κ1) is 12.0. The van der Waals surface area contributed by atoms with Crippen molar-refractivity contribution in [2.45, 2.75) is 51.0 Å². The lowest BCUT2D eigenvalue weighted by atomic mass is 9.95. The molecule has 3 rings (SSSR count). The van der Waals surface area contributed by atoms with E-state index in [0.29, 0.717) is 0 Å². The van der Waals surface area contributed by atoms with Gasteiger partial charge in [0.15, 0.2) is 0 Å². The Bertz CT molecular complexity index is 408. The van der Waals surface area contributed by atoms with Gasteiger partial charge in [0.2, 0.25) is 0 Å². The van der Waals surface area contributed by atoms with E-state index in [1.54, 1.807) is 0 Å². The highest BCUT2D eigenvalue weighted by molar-refractivity contribution is 5.45. The molecule has 1 heterocycles. The van der Waals surface area contributed by atoms with E-state index < -0.39 is 0 Å². The van der Waals surface area contributed by atoms with E-state index in [-0.39, 0.29) is 6.10 Å². The monoisotopic (exact) mass is 246 g/mol. The predicted molar refractivity (Wildman–Crippen MR) is 71.8 cm³/mol. The SMILES string of the molecule is OC(CCC1CCCC1)c1cccc2c1OCC2. The van der Waals surface area contributed by atoms with Crippen molar-refractivity contribution in [1.29, 1.82) is 0 Å². The molecule has 1 aromatic rings. The molecule has 1 aliphatic heterocycles. The minimum Gasteiger partial charge on any atom is -0.493 e. The van der Waals surface area contributed by atoms with Gasteiger partial charge in [-0.2, -0.15) is 0 Å². The van der Waals surface area contributed by atoms with Gasteiger partial charge in [-0.3, -0.25) is 0 Å². The summed E-state index contributed by atoms with van der Waals surface area (Å²) in [5.41, 5.74) is 2.26. The summed E-state index contributed by atoms with van der Waals surface area (Å²) in [6.45, 7) is 0.766. The Morgan fingerprint density at radius 2 is 2.11 bits per heavy atom. The van der Waals surface area contributed by atoms with Crippen molar-refractivity contribution in [3.8, 4) is 5.75 Å². The number of aliphatic hydroxyl groups is 1. The summed E-state index contributed by atoms with van der Waals surface area (Å²) in [7, 11) is 0. The number of ether oxygens (including phenoxy) is 1. The first-order chi connectivity index (χ1) is 8.84. The topological polar surface area (TPSA) is 29.5 Å². The fourth-order valence-electron chi connectivity index (χ4n) is 3.35. The van der Waals surface area contributed by atoms with Crippen LogP contribution < -0.4 is 4.74 Å². The molecule has 1 atom stereocenters. The van der Waals surface area contributed by atoms with Gasteiger partial charge in [0.25, 0.3) is 0 Å². The molecule has 1 aliphatic carbocycles. The summed E-state index contributed by atoms with van der Waals surface area (Å²) in [5.74, 6) is 1.80. The number of rotatable bonds is 4. The minimum atomic E-state index is -0.348. The lowest BCUT2D eigenvalue weighted by Crippen LogP contribution is -2.03. The molecule has 2 heteroatoms. The van der Waals surface area contributed by atoms with Crippen LogP contribution in [0.1, 0.15) is 55.8 Å². The molecule has 1 N–H and O–H groups in total.